The summed E-state index contributed by atoms with van der Waals surface area (Å²) in [4.78, 5) is 12.0. The van der Waals surface area contributed by atoms with Gasteiger partial charge in [0, 0.05) is 11.4 Å². The summed E-state index contributed by atoms with van der Waals surface area (Å²) in [5.41, 5.74) is 0.387. The zero-order chi connectivity index (χ0) is 17.9. The zero-order valence-corrected chi connectivity index (χ0v) is 13.1. The van der Waals surface area contributed by atoms with Crippen LogP contribution in [0.2, 0.25) is 0 Å². The molecular formula is C19H15F3N2O. The van der Waals surface area contributed by atoms with E-state index in [2.05, 4.69) is 10.6 Å². The van der Waals surface area contributed by atoms with Crippen molar-refractivity contribution in [1.29, 1.82) is 0 Å². The average Bonchev–Trinajstić information content (AvgIpc) is 2.59. The van der Waals surface area contributed by atoms with Crippen LogP contribution in [-0.4, -0.2) is 12.5 Å². The van der Waals surface area contributed by atoms with Crippen LogP contribution in [0.15, 0.2) is 66.7 Å². The molecule has 25 heavy (non-hydrogen) atoms. The third-order valence-electron chi connectivity index (χ3n) is 3.70. The molecule has 0 aromatic heterocycles. The molecule has 3 nitrogen and oxygen atoms in total. The first-order chi connectivity index (χ1) is 11.9. The summed E-state index contributed by atoms with van der Waals surface area (Å²) in [6.45, 7) is -0.0435. The van der Waals surface area contributed by atoms with Crippen molar-refractivity contribution in [3.63, 3.8) is 0 Å². The Bertz CT molecular complexity index is 889. The third-order valence-corrected chi connectivity index (χ3v) is 3.70. The number of alkyl halides is 3. The molecule has 0 fully saturated rings. The maximum atomic E-state index is 12.5. The molecule has 0 spiro atoms. The molecular weight excluding hydrogens is 329 g/mol. The van der Waals surface area contributed by atoms with Crippen molar-refractivity contribution in [3.8, 4) is 0 Å². The van der Waals surface area contributed by atoms with Crippen molar-refractivity contribution < 1.29 is 18.0 Å². The topological polar surface area (TPSA) is 41.1 Å². The monoisotopic (exact) mass is 344 g/mol. The summed E-state index contributed by atoms with van der Waals surface area (Å²) < 4.78 is 37.5. The van der Waals surface area contributed by atoms with Crippen molar-refractivity contribution in [2.24, 2.45) is 0 Å². The number of nitrogens with one attached hydrogen (secondary N) is 2. The Labute approximate surface area is 142 Å². The summed E-state index contributed by atoms with van der Waals surface area (Å²) in [5, 5.41) is 7.64. The van der Waals surface area contributed by atoms with Gasteiger partial charge in [-0.15, -0.1) is 0 Å². The van der Waals surface area contributed by atoms with Gasteiger partial charge in [-0.1, -0.05) is 30.3 Å². The lowest BCUT2D eigenvalue weighted by atomic mass is 10.1. The van der Waals surface area contributed by atoms with Gasteiger partial charge >= 0.3 is 6.18 Å². The Hall–Kier alpha value is -3.02. The van der Waals surface area contributed by atoms with Gasteiger partial charge in [0.2, 0.25) is 5.91 Å². The molecule has 0 unspecified atom stereocenters. The van der Waals surface area contributed by atoms with E-state index in [9.17, 15) is 18.0 Å². The first kappa shape index (κ1) is 16.8. The maximum Gasteiger partial charge on any atom is 0.416 e. The van der Waals surface area contributed by atoms with E-state index in [0.717, 1.165) is 22.9 Å². The van der Waals surface area contributed by atoms with Gasteiger partial charge in [-0.25, -0.2) is 0 Å². The Morgan fingerprint density at radius 1 is 0.840 bits per heavy atom. The highest BCUT2D eigenvalue weighted by atomic mass is 19.4. The van der Waals surface area contributed by atoms with Crippen LogP contribution in [0.1, 0.15) is 5.56 Å². The minimum Gasteiger partial charge on any atom is -0.376 e. The minimum atomic E-state index is -4.37. The predicted molar refractivity (Wildman–Crippen MR) is 92.5 cm³/mol. The van der Waals surface area contributed by atoms with E-state index in [1.165, 1.54) is 12.1 Å². The largest absolute Gasteiger partial charge is 0.416 e. The molecule has 0 atom stereocenters. The minimum absolute atomic E-state index is 0.0435. The first-order valence-electron chi connectivity index (χ1n) is 7.61. The number of carbonyl (C=O) groups is 1. The fourth-order valence-corrected chi connectivity index (χ4v) is 2.43. The fraction of sp³-hybridized carbons (Fsp3) is 0.105. The molecule has 128 valence electrons. The molecule has 0 heterocycles. The van der Waals surface area contributed by atoms with E-state index in [1.54, 1.807) is 6.07 Å². The number of fused-ring (bicyclic) bond motifs is 1. The molecule has 0 aliphatic rings. The van der Waals surface area contributed by atoms with Crippen molar-refractivity contribution in [1.82, 2.24) is 0 Å². The summed E-state index contributed by atoms with van der Waals surface area (Å²) in [6, 6.07) is 17.9. The Morgan fingerprint density at radius 2 is 1.48 bits per heavy atom. The number of carbonyl (C=O) groups excluding carboxylic acids is 1. The van der Waals surface area contributed by atoms with Crippen LogP contribution in [0.25, 0.3) is 10.8 Å². The highest BCUT2D eigenvalue weighted by molar-refractivity contribution is 5.96. The number of anilines is 2. The van der Waals surface area contributed by atoms with Crippen molar-refractivity contribution in [2.75, 3.05) is 17.2 Å². The van der Waals surface area contributed by atoms with Gasteiger partial charge in [-0.05, 0) is 47.2 Å². The molecule has 0 saturated carbocycles. The lowest BCUT2D eigenvalue weighted by Gasteiger charge is -2.10. The van der Waals surface area contributed by atoms with Gasteiger partial charge in [-0.2, -0.15) is 13.2 Å². The maximum absolute atomic E-state index is 12.5. The lowest BCUT2D eigenvalue weighted by Crippen LogP contribution is -2.21. The van der Waals surface area contributed by atoms with Crippen molar-refractivity contribution >= 4 is 28.1 Å². The molecule has 3 aromatic carbocycles. The number of hydrogen-bond acceptors (Lipinski definition) is 2. The molecule has 0 radical (unpaired) electrons. The smallest absolute Gasteiger partial charge is 0.376 e. The van der Waals surface area contributed by atoms with E-state index >= 15 is 0 Å². The second-order valence-corrected chi connectivity index (χ2v) is 5.54. The highest BCUT2D eigenvalue weighted by Crippen LogP contribution is 2.29. The molecule has 6 heteroatoms. The number of benzene rings is 3. The van der Waals surface area contributed by atoms with Crippen LogP contribution in [0.3, 0.4) is 0 Å². The Kier molecular flexibility index (Phi) is 4.61. The van der Waals surface area contributed by atoms with E-state index in [1.807, 2.05) is 36.4 Å². The lowest BCUT2D eigenvalue weighted by molar-refractivity contribution is -0.137. The van der Waals surface area contributed by atoms with E-state index < -0.39 is 11.7 Å². The SMILES string of the molecule is O=C(CNc1ccc(C(F)(F)F)cc1)Nc1ccc2ccccc2c1. The van der Waals surface area contributed by atoms with Gasteiger partial charge in [0.05, 0.1) is 12.1 Å². The Balaban J connectivity index is 1.58. The highest BCUT2D eigenvalue weighted by Gasteiger charge is 2.29. The van der Waals surface area contributed by atoms with Crippen LogP contribution in [0.4, 0.5) is 24.5 Å². The molecule has 0 bridgehead atoms. The number of amides is 1. The van der Waals surface area contributed by atoms with Gasteiger partial charge in [0.25, 0.3) is 0 Å². The van der Waals surface area contributed by atoms with E-state index in [-0.39, 0.29) is 12.5 Å². The summed E-state index contributed by atoms with van der Waals surface area (Å²) in [5.74, 6) is -0.282. The third kappa shape index (κ3) is 4.29. The average molecular weight is 344 g/mol. The zero-order valence-electron chi connectivity index (χ0n) is 13.1. The van der Waals surface area contributed by atoms with Crippen LogP contribution in [-0.2, 0) is 11.0 Å². The molecule has 2 N–H and O–H groups in total. The molecule has 0 aliphatic carbocycles. The first-order valence-corrected chi connectivity index (χ1v) is 7.61. The van der Waals surface area contributed by atoms with Crippen LogP contribution in [0, 0.1) is 0 Å². The standard InChI is InChI=1S/C19H15F3N2O/c20-19(21,22)15-6-9-16(10-7-15)23-12-18(25)24-17-8-5-13-3-1-2-4-14(13)11-17/h1-11,23H,12H2,(H,24,25). The summed E-state index contributed by atoms with van der Waals surface area (Å²) >= 11 is 0. The van der Waals surface area contributed by atoms with Gasteiger partial charge in [0.15, 0.2) is 0 Å². The second-order valence-electron chi connectivity index (χ2n) is 5.54. The summed E-state index contributed by atoms with van der Waals surface area (Å²) in [7, 11) is 0. The van der Waals surface area contributed by atoms with Crippen LogP contribution < -0.4 is 10.6 Å². The van der Waals surface area contributed by atoms with E-state index in [0.29, 0.717) is 11.4 Å². The number of hydrogen-bond donors (Lipinski definition) is 2. The van der Waals surface area contributed by atoms with Gasteiger partial charge < -0.3 is 10.6 Å². The normalized spacial score (nSPS) is 11.3. The van der Waals surface area contributed by atoms with E-state index in [4.69, 9.17) is 0 Å². The molecule has 3 aromatic rings. The quantitative estimate of drug-likeness (QED) is 0.706. The number of rotatable bonds is 4. The van der Waals surface area contributed by atoms with Crippen molar-refractivity contribution in [2.45, 2.75) is 6.18 Å². The van der Waals surface area contributed by atoms with Crippen molar-refractivity contribution in [3.05, 3.63) is 72.3 Å². The van der Waals surface area contributed by atoms with Gasteiger partial charge in [0.1, 0.15) is 0 Å². The Morgan fingerprint density at radius 3 is 2.16 bits per heavy atom. The predicted octanol–water partition coefficient (Wildman–Crippen LogP) is 4.91. The van der Waals surface area contributed by atoms with Crippen LogP contribution in [0.5, 0.6) is 0 Å². The molecule has 0 aliphatic heterocycles. The number of halogens is 3. The fourth-order valence-electron chi connectivity index (χ4n) is 2.43. The molecule has 3 rings (SSSR count). The molecule has 1 amide bonds. The summed E-state index contributed by atoms with van der Waals surface area (Å²) in [6.07, 6.45) is -4.37. The van der Waals surface area contributed by atoms with Crippen LogP contribution >= 0.6 is 0 Å². The second kappa shape index (κ2) is 6.84. The molecule has 0 saturated heterocycles. The van der Waals surface area contributed by atoms with Gasteiger partial charge in [-0.3, -0.25) is 4.79 Å².